The van der Waals surface area contributed by atoms with E-state index in [1.54, 1.807) is 14.2 Å². The van der Waals surface area contributed by atoms with Crippen LogP contribution in [-0.4, -0.2) is 44.0 Å². The number of halogens is 1. The fourth-order valence-corrected chi connectivity index (χ4v) is 4.66. The first-order valence-electron chi connectivity index (χ1n) is 10.3. The van der Waals surface area contributed by atoms with Gasteiger partial charge in [0.1, 0.15) is 11.5 Å². The Balaban J connectivity index is 1.67. The maximum atomic E-state index is 13.7. The number of carbonyl (C=O) groups excluding carboxylic acids is 1. The van der Waals surface area contributed by atoms with E-state index >= 15 is 0 Å². The SMILES string of the molecule is COc1ccc(CN(C(=O)c2ccccc2I)C2=CCC3(CC2)OCCO3)c(OC)c1. The van der Waals surface area contributed by atoms with Gasteiger partial charge in [-0.3, -0.25) is 4.79 Å². The third-order valence-corrected chi connectivity index (χ3v) is 6.68. The van der Waals surface area contributed by atoms with Crippen molar-refractivity contribution in [3.63, 3.8) is 0 Å². The monoisotopic (exact) mass is 535 g/mol. The second-order valence-corrected chi connectivity index (χ2v) is 8.72. The fraction of sp³-hybridized carbons (Fsp3) is 0.375. The van der Waals surface area contributed by atoms with Crippen LogP contribution in [0.4, 0.5) is 0 Å². The Labute approximate surface area is 196 Å². The number of amides is 1. The molecule has 1 aliphatic heterocycles. The summed E-state index contributed by atoms with van der Waals surface area (Å²) in [6.07, 6.45) is 4.15. The van der Waals surface area contributed by atoms with Crippen molar-refractivity contribution in [3.05, 3.63) is 68.9 Å². The van der Waals surface area contributed by atoms with E-state index in [1.165, 1.54) is 0 Å². The van der Waals surface area contributed by atoms with Crippen LogP contribution in [-0.2, 0) is 16.0 Å². The van der Waals surface area contributed by atoms with E-state index in [0.29, 0.717) is 49.7 Å². The average molecular weight is 535 g/mol. The summed E-state index contributed by atoms with van der Waals surface area (Å²) in [5.41, 5.74) is 2.58. The zero-order valence-corrected chi connectivity index (χ0v) is 19.9. The highest BCUT2D eigenvalue weighted by Gasteiger charge is 2.39. The van der Waals surface area contributed by atoms with Crippen molar-refractivity contribution in [2.75, 3.05) is 27.4 Å². The van der Waals surface area contributed by atoms with Crippen LogP contribution in [0.5, 0.6) is 11.5 Å². The van der Waals surface area contributed by atoms with Crippen molar-refractivity contribution in [3.8, 4) is 11.5 Å². The number of carbonyl (C=O) groups is 1. The highest BCUT2D eigenvalue weighted by atomic mass is 127. The largest absolute Gasteiger partial charge is 0.497 e. The van der Waals surface area contributed by atoms with E-state index in [1.807, 2.05) is 47.4 Å². The number of allylic oxidation sites excluding steroid dienone is 1. The summed E-state index contributed by atoms with van der Waals surface area (Å²) in [5, 5.41) is 0. The molecular weight excluding hydrogens is 509 g/mol. The second kappa shape index (κ2) is 9.58. The molecule has 2 aromatic carbocycles. The Morgan fingerprint density at radius 1 is 1.13 bits per heavy atom. The van der Waals surface area contributed by atoms with E-state index in [9.17, 15) is 4.79 Å². The van der Waals surface area contributed by atoms with E-state index in [2.05, 4.69) is 28.7 Å². The lowest BCUT2D eigenvalue weighted by Gasteiger charge is -2.35. The van der Waals surface area contributed by atoms with Crippen molar-refractivity contribution < 1.29 is 23.7 Å². The third-order valence-electron chi connectivity index (χ3n) is 5.74. The lowest BCUT2D eigenvalue weighted by atomic mass is 9.96. The molecule has 6 nitrogen and oxygen atoms in total. The van der Waals surface area contributed by atoms with Gasteiger partial charge >= 0.3 is 0 Å². The molecule has 1 spiro atoms. The topological polar surface area (TPSA) is 57.2 Å². The van der Waals surface area contributed by atoms with Crippen molar-refractivity contribution in [1.82, 2.24) is 4.90 Å². The van der Waals surface area contributed by atoms with Gasteiger partial charge in [0.15, 0.2) is 5.79 Å². The predicted molar refractivity (Wildman–Crippen MR) is 125 cm³/mol. The van der Waals surface area contributed by atoms with E-state index in [0.717, 1.165) is 21.3 Å². The number of hydrogen-bond donors (Lipinski definition) is 0. The van der Waals surface area contributed by atoms with Crippen LogP contribution in [0.15, 0.2) is 54.2 Å². The van der Waals surface area contributed by atoms with Gasteiger partial charge in [0, 0.05) is 33.7 Å². The zero-order valence-electron chi connectivity index (χ0n) is 17.7. The first-order valence-corrected chi connectivity index (χ1v) is 11.4. The Hall–Kier alpha value is -2.10. The molecule has 1 fully saturated rings. The summed E-state index contributed by atoms with van der Waals surface area (Å²) in [7, 11) is 3.25. The molecule has 0 atom stereocenters. The van der Waals surface area contributed by atoms with Crippen molar-refractivity contribution >= 4 is 28.5 Å². The van der Waals surface area contributed by atoms with Gasteiger partial charge in [0.05, 0.1) is 39.5 Å². The molecule has 2 aliphatic rings. The van der Waals surface area contributed by atoms with Crippen LogP contribution < -0.4 is 9.47 Å². The standard InChI is InChI=1S/C24H26INO5/c1-28-19-8-7-17(22(15-19)29-2)16-26(23(27)20-5-3-4-6-21(20)25)18-9-11-24(12-10-18)30-13-14-31-24/h3-9,15H,10-14,16H2,1-2H3. The van der Waals surface area contributed by atoms with Gasteiger partial charge in [-0.05, 0) is 53.3 Å². The maximum absolute atomic E-state index is 13.7. The molecule has 4 rings (SSSR count). The fourth-order valence-electron chi connectivity index (χ4n) is 4.04. The van der Waals surface area contributed by atoms with Gasteiger partial charge in [-0.2, -0.15) is 0 Å². The number of ether oxygens (including phenoxy) is 4. The van der Waals surface area contributed by atoms with Gasteiger partial charge in [-0.1, -0.05) is 18.2 Å². The van der Waals surface area contributed by atoms with Crippen LogP contribution in [0.25, 0.3) is 0 Å². The Bertz CT molecular complexity index is 984. The Morgan fingerprint density at radius 3 is 2.55 bits per heavy atom. The number of hydrogen-bond acceptors (Lipinski definition) is 5. The van der Waals surface area contributed by atoms with Gasteiger partial charge in [-0.25, -0.2) is 0 Å². The molecule has 1 saturated heterocycles. The van der Waals surface area contributed by atoms with Gasteiger partial charge < -0.3 is 23.8 Å². The predicted octanol–water partition coefficient (Wildman–Crippen LogP) is 4.76. The summed E-state index contributed by atoms with van der Waals surface area (Å²) in [4.78, 5) is 15.5. The molecule has 0 N–H and O–H groups in total. The molecule has 164 valence electrons. The normalized spacial score (nSPS) is 17.3. The van der Waals surface area contributed by atoms with Gasteiger partial charge in [0.2, 0.25) is 0 Å². The minimum Gasteiger partial charge on any atom is -0.497 e. The molecule has 7 heteroatoms. The molecule has 1 heterocycles. The molecule has 1 aliphatic carbocycles. The van der Waals surface area contributed by atoms with E-state index in [4.69, 9.17) is 18.9 Å². The summed E-state index contributed by atoms with van der Waals surface area (Å²) in [6, 6.07) is 13.3. The Morgan fingerprint density at radius 2 is 1.90 bits per heavy atom. The van der Waals surface area contributed by atoms with Gasteiger partial charge in [0.25, 0.3) is 5.91 Å². The van der Waals surface area contributed by atoms with Crippen LogP contribution in [0.1, 0.15) is 35.2 Å². The molecule has 0 unspecified atom stereocenters. The lowest BCUT2D eigenvalue weighted by molar-refractivity contribution is -0.162. The molecular formula is C24H26INO5. The highest BCUT2D eigenvalue weighted by Crippen LogP contribution is 2.37. The van der Waals surface area contributed by atoms with Crippen molar-refractivity contribution in [2.24, 2.45) is 0 Å². The van der Waals surface area contributed by atoms with Crippen LogP contribution >= 0.6 is 22.6 Å². The smallest absolute Gasteiger partial charge is 0.259 e. The molecule has 0 aromatic heterocycles. The number of rotatable bonds is 6. The van der Waals surface area contributed by atoms with Crippen LogP contribution in [0.2, 0.25) is 0 Å². The van der Waals surface area contributed by atoms with Crippen LogP contribution in [0, 0.1) is 3.57 Å². The quantitative estimate of drug-likeness (QED) is 0.500. The van der Waals surface area contributed by atoms with Crippen molar-refractivity contribution in [1.29, 1.82) is 0 Å². The highest BCUT2D eigenvalue weighted by molar-refractivity contribution is 14.1. The summed E-state index contributed by atoms with van der Waals surface area (Å²) >= 11 is 2.21. The molecule has 0 saturated carbocycles. The number of benzene rings is 2. The number of nitrogens with zero attached hydrogens (tertiary/aromatic N) is 1. The third kappa shape index (κ3) is 4.73. The Kier molecular flexibility index (Phi) is 6.83. The van der Waals surface area contributed by atoms with E-state index in [-0.39, 0.29) is 5.91 Å². The molecule has 0 radical (unpaired) electrons. The minimum absolute atomic E-state index is 0.0293. The molecule has 31 heavy (non-hydrogen) atoms. The van der Waals surface area contributed by atoms with Crippen LogP contribution in [0.3, 0.4) is 0 Å². The molecule has 1 amide bonds. The van der Waals surface area contributed by atoms with E-state index < -0.39 is 5.79 Å². The van der Waals surface area contributed by atoms with Gasteiger partial charge in [-0.15, -0.1) is 0 Å². The molecule has 0 bridgehead atoms. The lowest BCUT2D eigenvalue weighted by Crippen LogP contribution is -2.37. The summed E-state index contributed by atoms with van der Waals surface area (Å²) < 4.78 is 23.5. The first-order chi connectivity index (χ1) is 15.0. The zero-order chi connectivity index (χ0) is 21.8. The summed E-state index contributed by atoms with van der Waals surface area (Å²) in [6.45, 7) is 1.64. The second-order valence-electron chi connectivity index (χ2n) is 7.56. The maximum Gasteiger partial charge on any atom is 0.259 e. The number of methoxy groups -OCH3 is 2. The molecule has 2 aromatic rings. The average Bonchev–Trinajstić information content (AvgIpc) is 3.26. The first kappa shape index (κ1) is 22.1. The minimum atomic E-state index is -0.531. The van der Waals surface area contributed by atoms with Crippen molar-refractivity contribution in [2.45, 2.75) is 31.6 Å². The summed E-state index contributed by atoms with van der Waals surface area (Å²) in [5.74, 6) is 0.844.